The summed E-state index contributed by atoms with van der Waals surface area (Å²) in [5, 5.41) is 3.42. The summed E-state index contributed by atoms with van der Waals surface area (Å²) in [6.45, 7) is 8.03. The molecule has 0 aromatic heterocycles. The maximum absolute atomic E-state index is 5.68. The monoisotopic (exact) mass is 240 g/mol. The van der Waals surface area contributed by atoms with Gasteiger partial charge in [-0.3, -0.25) is 0 Å². The van der Waals surface area contributed by atoms with Crippen LogP contribution in [0.2, 0.25) is 0 Å². The maximum atomic E-state index is 5.68. The molecule has 2 unspecified atom stereocenters. The van der Waals surface area contributed by atoms with E-state index in [-0.39, 0.29) is 0 Å². The summed E-state index contributed by atoms with van der Waals surface area (Å²) in [6.07, 6.45) is 5.29. The van der Waals surface area contributed by atoms with E-state index in [1.165, 1.54) is 45.3 Å². The lowest BCUT2D eigenvalue weighted by Gasteiger charge is -2.36. The van der Waals surface area contributed by atoms with Crippen molar-refractivity contribution in [3.05, 3.63) is 0 Å². The van der Waals surface area contributed by atoms with Gasteiger partial charge < -0.3 is 15.0 Å². The summed E-state index contributed by atoms with van der Waals surface area (Å²) < 4.78 is 5.68. The number of rotatable bonds is 7. The van der Waals surface area contributed by atoms with Crippen LogP contribution < -0.4 is 5.32 Å². The Morgan fingerprint density at radius 1 is 1.29 bits per heavy atom. The van der Waals surface area contributed by atoms with Gasteiger partial charge in [0.2, 0.25) is 0 Å². The normalized spacial score (nSPS) is 30.7. The van der Waals surface area contributed by atoms with Gasteiger partial charge in [-0.1, -0.05) is 6.92 Å². The highest BCUT2D eigenvalue weighted by Gasteiger charge is 2.24. The number of piperidine rings is 1. The van der Waals surface area contributed by atoms with Gasteiger partial charge >= 0.3 is 0 Å². The van der Waals surface area contributed by atoms with Crippen molar-refractivity contribution in [3.63, 3.8) is 0 Å². The fourth-order valence-electron chi connectivity index (χ4n) is 2.79. The Morgan fingerprint density at radius 2 is 2.12 bits per heavy atom. The highest BCUT2D eigenvalue weighted by atomic mass is 16.5. The van der Waals surface area contributed by atoms with Crippen molar-refractivity contribution in [3.8, 4) is 0 Å². The van der Waals surface area contributed by atoms with Gasteiger partial charge in [-0.2, -0.15) is 0 Å². The van der Waals surface area contributed by atoms with E-state index in [0.717, 1.165) is 31.1 Å². The second-order valence-corrected chi connectivity index (χ2v) is 5.83. The molecule has 2 rings (SSSR count). The Labute approximate surface area is 106 Å². The van der Waals surface area contributed by atoms with E-state index in [4.69, 9.17) is 4.74 Å². The first-order valence-corrected chi connectivity index (χ1v) is 7.27. The molecule has 1 heterocycles. The van der Waals surface area contributed by atoms with Crippen LogP contribution in [-0.4, -0.2) is 50.8 Å². The third-order valence-electron chi connectivity index (χ3n) is 4.17. The van der Waals surface area contributed by atoms with E-state index >= 15 is 0 Å². The molecule has 1 saturated carbocycles. The molecule has 1 aliphatic heterocycles. The first-order valence-electron chi connectivity index (χ1n) is 7.27. The number of hydrogen-bond acceptors (Lipinski definition) is 3. The summed E-state index contributed by atoms with van der Waals surface area (Å²) in [5.41, 5.74) is 0. The summed E-state index contributed by atoms with van der Waals surface area (Å²) in [5.74, 6) is 1.68. The van der Waals surface area contributed by atoms with Crippen molar-refractivity contribution in [1.82, 2.24) is 10.2 Å². The molecule has 2 fully saturated rings. The predicted octanol–water partition coefficient (Wildman–Crippen LogP) is 1.73. The van der Waals surface area contributed by atoms with Crippen molar-refractivity contribution >= 4 is 0 Å². The molecule has 0 aromatic carbocycles. The minimum atomic E-state index is 0.720. The van der Waals surface area contributed by atoms with Gasteiger partial charge in [-0.05, 0) is 51.1 Å². The lowest BCUT2D eigenvalue weighted by atomic mass is 9.94. The molecule has 100 valence electrons. The molecule has 1 N–H and O–H groups in total. The van der Waals surface area contributed by atoms with Crippen LogP contribution in [0.15, 0.2) is 0 Å². The number of nitrogens with one attached hydrogen (secondary N) is 1. The lowest BCUT2D eigenvalue weighted by molar-refractivity contribution is 0.0980. The van der Waals surface area contributed by atoms with Gasteiger partial charge in [0.15, 0.2) is 0 Å². The lowest BCUT2D eigenvalue weighted by Crippen LogP contribution is -2.47. The van der Waals surface area contributed by atoms with Crippen LogP contribution in [0.5, 0.6) is 0 Å². The van der Waals surface area contributed by atoms with E-state index in [0.29, 0.717) is 0 Å². The third-order valence-corrected chi connectivity index (χ3v) is 4.17. The molecular weight excluding hydrogens is 212 g/mol. The second kappa shape index (κ2) is 6.72. The van der Waals surface area contributed by atoms with Crippen LogP contribution in [0, 0.1) is 11.8 Å². The Hall–Kier alpha value is -0.120. The fourth-order valence-corrected chi connectivity index (χ4v) is 2.79. The Kier molecular flexibility index (Phi) is 5.26. The highest BCUT2D eigenvalue weighted by Crippen LogP contribution is 2.28. The van der Waals surface area contributed by atoms with Gasteiger partial charge in [0.05, 0.1) is 0 Å². The van der Waals surface area contributed by atoms with Crippen LogP contribution in [0.1, 0.15) is 32.6 Å². The molecule has 1 aliphatic carbocycles. The molecule has 3 nitrogen and oxygen atoms in total. The third kappa shape index (κ3) is 4.57. The Balaban J connectivity index is 1.50. The number of hydrogen-bond donors (Lipinski definition) is 1. The molecule has 17 heavy (non-hydrogen) atoms. The van der Waals surface area contributed by atoms with Crippen LogP contribution in [0.3, 0.4) is 0 Å². The molecule has 0 amide bonds. The quantitative estimate of drug-likeness (QED) is 0.686. The zero-order valence-corrected chi connectivity index (χ0v) is 11.5. The molecule has 0 spiro atoms. The van der Waals surface area contributed by atoms with Crippen molar-refractivity contribution in [2.45, 2.75) is 38.6 Å². The summed E-state index contributed by atoms with van der Waals surface area (Å²) >= 11 is 0. The number of nitrogens with zero attached hydrogens (tertiary/aromatic N) is 1. The zero-order valence-electron chi connectivity index (χ0n) is 11.5. The molecular formula is C14H28N2O. The van der Waals surface area contributed by atoms with E-state index in [1.807, 2.05) is 0 Å². The topological polar surface area (TPSA) is 24.5 Å². The summed E-state index contributed by atoms with van der Waals surface area (Å²) in [6, 6.07) is 0.720. The van der Waals surface area contributed by atoms with E-state index in [9.17, 15) is 0 Å². The number of likely N-dealkylation sites (tertiary alicyclic amines) is 1. The van der Waals surface area contributed by atoms with Gasteiger partial charge in [-0.15, -0.1) is 0 Å². The average Bonchev–Trinajstić information content (AvgIpc) is 3.13. The van der Waals surface area contributed by atoms with Crippen LogP contribution in [0.4, 0.5) is 0 Å². The maximum Gasteiger partial charge on any atom is 0.0494 e. The minimum absolute atomic E-state index is 0.720. The molecule has 2 atom stereocenters. The van der Waals surface area contributed by atoms with Crippen LogP contribution in [0.25, 0.3) is 0 Å². The van der Waals surface area contributed by atoms with Gasteiger partial charge in [-0.25, -0.2) is 0 Å². The van der Waals surface area contributed by atoms with Crippen molar-refractivity contribution < 1.29 is 4.74 Å². The van der Waals surface area contributed by atoms with Gasteiger partial charge in [0, 0.05) is 32.3 Å². The second-order valence-electron chi connectivity index (χ2n) is 5.83. The smallest absolute Gasteiger partial charge is 0.0494 e. The van der Waals surface area contributed by atoms with E-state index < -0.39 is 0 Å². The summed E-state index contributed by atoms with van der Waals surface area (Å²) in [7, 11) is 2.09. The molecule has 1 saturated heterocycles. The molecule has 0 radical (unpaired) electrons. The first-order chi connectivity index (χ1) is 8.29. The Bertz CT molecular complexity index is 218. The molecule has 0 aromatic rings. The number of ether oxygens (including phenoxy) is 1. The molecule has 3 heteroatoms. The van der Waals surface area contributed by atoms with Gasteiger partial charge in [0.25, 0.3) is 0 Å². The minimum Gasteiger partial charge on any atom is -0.381 e. The van der Waals surface area contributed by atoms with Crippen molar-refractivity contribution in [2.24, 2.45) is 11.8 Å². The van der Waals surface area contributed by atoms with Crippen molar-refractivity contribution in [2.75, 3.05) is 39.9 Å². The fraction of sp³-hybridized carbons (Fsp3) is 1.00. The summed E-state index contributed by atoms with van der Waals surface area (Å²) in [4.78, 5) is 2.60. The standard InChI is InChI=1S/C14H28N2O/c1-12-10-16(8-6-14(12)15-2)7-3-9-17-11-13-4-5-13/h12-15H,3-11H2,1-2H3. The highest BCUT2D eigenvalue weighted by molar-refractivity contribution is 4.81. The van der Waals surface area contributed by atoms with Crippen LogP contribution in [-0.2, 0) is 4.74 Å². The van der Waals surface area contributed by atoms with Crippen LogP contribution >= 0.6 is 0 Å². The molecule has 0 bridgehead atoms. The Morgan fingerprint density at radius 3 is 2.76 bits per heavy atom. The van der Waals surface area contributed by atoms with E-state index in [1.54, 1.807) is 0 Å². The largest absolute Gasteiger partial charge is 0.381 e. The SMILES string of the molecule is CNC1CCN(CCCOCC2CC2)CC1C. The van der Waals surface area contributed by atoms with Gasteiger partial charge in [0.1, 0.15) is 0 Å². The van der Waals surface area contributed by atoms with Crippen molar-refractivity contribution in [1.29, 1.82) is 0 Å². The average molecular weight is 240 g/mol. The zero-order chi connectivity index (χ0) is 12.1. The predicted molar refractivity (Wildman–Crippen MR) is 71.2 cm³/mol. The molecule has 2 aliphatic rings. The van der Waals surface area contributed by atoms with E-state index in [2.05, 4.69) is 24.2 Å². The first kappa shape index (κ1) is 13.3.